The Kier molecular flexibility index (Phi) is 5.35. The predicted molar refractivity (Wildman–Crippen MR) is 140 cm³/mol. The number of fused-ring (bicyclic) bond motifs is 1. The van der Waals surface area contributed by atoms with E-state index in [0.717, 1.165) is 25.7 Å². The molecule has 2 amide bonds. The summed E-state index contributed by atoms with van der Waals surface area (Å²) >= 11 is 0. The summed E-state index contributed by atoms with van der Waals surface area (Å²) in [7, 11) is 0. The molecule has 3 saturated carbocycles. The second kappa shape index (κ2) is 8.03. The number of aromatic carboxylic acids is 1. The highest BCUT2D eigenvalue weighted by atomic mass is 16.4. The Morgan fingerprint density at radius 2 is 1.76 bits per heavy atom. The highest BCUT2D eigenvalue weighted by molar-refractivity contribution is 6.23. The first kappa shape index (κ1) is 25.3. The molecule has 7 heteroatoms. The van der Waals surface area contributed by atoms with Crippen molar-refractivity contribution in [3.8, 4) is 0 Å². The Hall–Kier alpha value is -2.96. The first-order valence-electron chi connectivity index (χ1n) is 14.0. The molecule has 38 heavy (non-hydrogen) atoms. The van der Waals surface area contributed by atoms with Crippen LogP contribution in [0.5, 0.6) is 0 Å². The van der Waals surface area contributed by atoms with Gasteiger partial charge in [0.25, 0.3) is 0 Å². The van der Waals surface area contributed by atoms with Gasteiger partial charge in [0.2, 0.25) is 11.8 Å². The molecule has 1 saturated heterocycles. The molecule has 6 aliphatic rings. The zero-order valence-electron chi connectivity index (χ0n) is 22.6. The maximum absolute atomic E-state index is 14.3. The largest absolute Gasteiger partial charge is 0.481 e. The minimum atomic E-state index is -1.10. The molecule has 1 aromatic carbocycles. The van der Waals surface area contributed by atoms with E-state index in [1.807, 2.05) is 6.92 Å². The van der Waals surface area contributed by atoms with E-state index in [4.69, 9.17) is 0 Å². The van der Waals surface area contributed by atoms with Gasteiger partial charge < -0.3 is 10.2 Å². The van der Waals surface area contributed by atoms with Crippen LogP contribution in [0.1, 0.15) is 76.6 Å². The number of hydrogen-bond acceptors (Lipinski definition) is 4. The summed E-state index contributed by atoms with van der Waals surface area (Å²) in [5.41, 5.74) is 0.112. The fraction of sp³-hybridized carbons (Fsp3) is 0.613. The van der Waals surface area contributed by atoms with Crippen molar-refractivity contribution in [1.29, 1.82) is 0 Å². The Labute approximate surface area is 223 Å². The topological polar surface area (TPSA) is 112 Å². The molecule has 0 aromatic heterocycles. The Morgan fingerprint density at radius 3 is 2.42 bits per heavy atom. The van der Waals surface area contributed by atoms with E-state index in [9.17, 15) is 29.4 Å². The number of amides is 2. The van der Waals surface area contributed by atoms with Crippen LogP contribution < -0.4 is 4.90 Å². The molecule has 2 bridgehead atoms. The summed E-state index contributed by atoms with van der Waals surface area (Å²) in [5.74, 6) is -2.89. The Balaban J connectivity index is 1.48. The van der Waals surface area contributed by atoms with Crippen LogP contribution in [0.15, 0.2) is 35.9 Å². The average Bonchev–Trinajstić information content (AvgIpc) is 3.15. The average molecular weight is 520 g/mol. The van der Waals surface area contributed by atoms with Gasteiger partial charge in [0, 0.05) is 5.41 Å². The molecule has 202 valence electrons. The van der Waals surface area contributed by atoms with Crippen LogP contribution in [-0.4, -0.2) is 34.0 Å². The first-order valence-corrected chi connectivity index (χ1v) is 14.0. The summed E-state index contributed by atoms with van der Waals surface area (Å²) in [6.45, 7) is 8.48. The van der Waals surface area contributed by atoms with Gasteiger partial charge in [-0.3, -0.25) is 14.4 Å². The molecule has 7 nitrogen and oxygen atoms in total. The zero-order chi connectivity index (χ0) is 27.4. The lowest BCUT2D eigenvalue weighted by molar-refractivity contribution is -0.194. The second-order valence-electron chi connectivity index (χ2n) is 13.4. The van der Waals surface area contributed by atoms with Gasteiger partial charge in [0.15, 0.2) is 0 Å². The van der Waals surface area contributed by atoms with Crippen molar-refractivity contribution < 1.29 is 29.4 Å². The summed E-state index contributed by atoms with van der Waals surface area (Å²) in [6.07, 6.45) is 7.05. The maximum atomic E-state index is 14.3. The van der Waals surface area contributed by atoms with Crippen molar-refractivity contribution in [1.82, 2.24) is 0 Å². The minimum absolute atomic E-state index is 0.0288. The van der Waals surface area contributed by atoms with E-state index in [-0.39, 0.29) is 46.5 Å². The van der Waals surface area contributed by atoms with E-state index >= 15 is 0 Å². The molecule has 1 heterocycles. The van der Waals surface area contributed by atoms with Gasteiger partial charge >= 0.3 is 11.9 Å². The van der Waals surface area contributed by atoms with E-state index in [1.54, 1.807) is 12.1 Å². The molecule has 5 aliphatic carbocycles. The molecule has 7 rings (SSSR count). The molecule has 0 unspecified atom stereocenters. The number of carboxylic acids is 2. The normalized spacial score (nSPS) is 41.4. The number of benzene rings is 1. The monoisotopic (exact) mass is 519 g/mol. The fourth-order valence-electron chi connectivity index (χ4n) is 9.99. The lowest BCUT2D eigenvalue weighted by atomic mass is 9.34. The van der Waals surface area contributed by atoms with Crippen LogP contribution in [0, 0.1) is 51.8 Å². The molecule has 1 aromatic rings. The van der Waals surface area contributed by atoms with E-state index in [1.165, 1.54) is 22.6 Å². The first-order chi connectivity index (χ1) is 17.9. The molecule has 4 fully saturated rings. The number of rotatable bonds is 4. The van der Waals surface area contributed by atoms with Gasteiger partial charge in [0.05, 0.1) is 28.5 Å². The van der Waals surface area contributed by atoms with Crippen molar-refractivity contribution in [2.24, 2.45) is 51.8 Å². The lowest BCUT2D eigenvalue weighted by Crippen LogP contribution is -2.65. The Bertz CT molecular complexity index is 1300. The van der Waals surface area contributed by atoms with Crippen molar-refractivity contribution in [2.75, 3.05) is 4.90 Å². The molecule has 0 radical (unpaired) electrons. The van der Waals surface area contributed by atoms with Crippen LogP contribution in [0.25, 0.3) is 0 Å². The van der Waals surface area contributed by atoms with Crippen LogP contribution in [0.2, 0.25) is 0 Å². The number of allylic oxidation sites excluding steroid dienone is 2. The summed E-state index contributed by atoms with van der Waals surface area (Å²) in [4.78, 5) is 53.8. The number of aliphatic carboxylic acids is 1. The van der Waals surface area contributed by atoms with Gasteiger partial charge in [-0.25, -0.2) is 9.69 Å². The van der Waals surface area contributed by atoms with E-state index in [0.29, 0.717) is 18.5 Å². The number of imide groups is 1. The van der Waals surface area contributed by atoms with Crippen molar-refractivity contribution >= 4 is 29.4 Å². The molecule has 8 atom stereocenters. The fourth-order valence-corrected chi connectivity index (χ4v) is 9.99. The molecular formula is C31H37NO6. The summed E-state index contributed by atoms with van der Waals surface area (Å²) in [5, 5.41) is 19.8. The highest BCUT2D eigenvalue weighted by Gasteiger charge is 2.73. The third kappa shape index (κ3) is 3.02. The number of nitrogens with zero attached hydrogens (tertiary/aromatic N) is 1. The van der Waals surface area contributed by atoms with Crippen LogP contribution in [0.3, 0.4) is 0 Å². The van der Waals surface area contributed by atoms with E-state index < -0.39 is 34.6 Å². The third-order valence-electron chi connectivity index (χ3n) is 11.5. The predicted octanol–water partition coefficient (Wildman–Crippen LogP) is 5.40. The van der Waals surface area contributed by atoms with Gasteiger partial charge in [0.1, 0.15) is 0 Å². The smallest absolute Gasteiger partial charge is 0.335 e. The number of hydrogen-bond donors (Lipinski definition) is 2. The number of carbonyl (C=O) groups is 4. The van der Waals surface area contributed by atoms with Crippen molar-refractivity contribution in [3.05, 3.63) is 41.5 Å². The zero-order valence-corrected chi connectivity index (χ0v) is 22.6. The lowest BCUT2D eigenvalue weighted by Gasteiger charge is -2.68. The molecule has 1 aliphatic heterocycles. The van der Waals surface area contributed by atoms with Crippen LogP contribution in [-0.2, 0) is 14.4 Å². The van der Waals surface area contributed by atoms with Gasteiger partial charge in [-0.15, -0.1) is 0 Å². The Morgan fingerprint density at radius 1 is 1.03 bits per heavy atom. The third-order valence-corrected chi connectivity index (χ3v) is 11.5. The van der Waals surface area contributed by atoms with Gasteiger partial charge in [-0.1, -0.05) is 44.9 Å². The molecular weight excluding hydrogens is 482 g/mol. The maximum Gasteiger partial charge on any atom is 0.335 e. The molecule has 2 N–H and O–H groups in total. The quantitative estimate of drug-likeness (QED) is 0.407. The highest BCUT2D eigenvalue weighted by Crippen LogP contribution is 2.74. The van der Waals surface area contributed by atoms with Crippen LogP contribution in [0.4, 0.5) is 5.69 Å². The van der Waals surface area contributed by atoms with Gasteiger partial charge in [-0.05, 0) is 86.3 Å². The van der Waals surface area contributed by atoms with Crippen LogP contribution >= 0.6 is 0 Å². The molecule has 1 spiro atoms. The number of carbonyl (C=O) groups excluding carboxylic acids is 2. The second-order valence-corrected chi connectivity index (χ2v) is 13.4. The minimum Gasteiger partial charge on any atom is -0.481 e. The number of carboxylic acid groups (broad SMARTS) is 2. The SMILES string of the molecule is CC(C)C1=C[C@@]23CC[C@H]4[C@](C)(CCC[C@@]4(C)C(=O)O)[C@@H]2C[C@@H]1[C@H]1C(=O)N(c2cccc(C(=O)O)c2)C(=O)[C@H]13. The van der Waals surface area contributed by atoms with Gasteiger partial charge in [-0.2, -0.15) is 0 Å². The number of anilines is 1. The summed E-state index contributed by atoms with van der Waals surface area (Å²) in [6, 6.07) is 6.10. The summed E-state index contributed by atoms with van der Waals surface area (Å²) < 4.78 is 0. The standard InChI is InChI=1S/C31H37NO6/c1-16(2)20-15-31-12-9-21-29(3,10-6-11-30(21,4)28(37)38)22(31)14-19(20)23-24(31)26(34)32(25(23)33)18-8-5-7-17(13-18)27(35)36/h5,7-8,13,15-16,19,21-24H,6,9-12,14H2,1-4H3,(H,35,36)(H,37,38)/t19-,21-,22-,23+,24-,29-,30+,31-/m0/s1. The van der Waals surface area contributed by atoms with E-state index in [2.05, 4.69) is 26.8 Å². The van der Waals surface area contributed by atoms with Crippen molar-refractivity contribution in [2.45, 2.75) is 66.2 Å². The van der Waals surface area contributed by atoms with Crippen molar-refractivity contribution in [3.63, 3.8) is 0 Å².